The summed E-state index contributed by atoms with van der Waals surface area (Å²) in [6.07, 6.45) is 3.39. The number of aliphatic hydroxyl groups excluding tert-OH is 1. The van der Waals surface area contributed by atoms with Crippen molar-refractivity contribution in [2.45, 2.75) is 58.6 Å². The summed E-state index contributed by atoms with van der Waals surface area (Å²) in [5.41, 5.74) is 1.06. The molecule has 1 fully saturated rings. The highest BCUT2D eigenvalue weighted by Crippen LogP contribution is 2.27. The second-order valence-electron chi connectivity index (χ2n) is 5.21. The third-order valence-corrected chi connectivity index (χ3v) is 3.46. The molecule has 0 aliphatic heterocycles. The van der Waals surface area contributed by atoms with E-state index in [2.05, 4.69) is 34.4 Å². The third kappa shape index (κ3) is 3.35. The molecule has 1 saturated carbocycles. The zero-order chi connectivity index (χ0) is 13.8. The van der Waals surface area contributed by atoms with Crippen LogP contribution in [0.15, 0.2) is 0 Å². The van der Waals surface area contributed by atoms with Crippen molar-refractivity contribution in [3.8, 4) is 0 Å². The number of rotatable bonds is 6. The molecule has 19 heavy (non-hydrogen) atoms. The molecular formula is C14H24N4O. The molecule has 1 aromatic rings. The van der Waals surface area contributed by atoms with Gasteiger partial charge in [0.2, 0.25) is 0 Å². The van der Waals surface area contributed by atoms with E-state index in [-0.39, 0.29) is 6.10 Å². The van der Waals surface area contributed by atoms with Crippen LogP contribution < -0.4 is 10.6 Å². The zero-order valence-corrected chi connectivity index (χ0v) is 12.0. The maximum absolute atomic E-state index is 9.36. The van der Waals surface area contributed by atoms with Crippen molar-refractivity contribution in [3.05, 3.63) is 11.4 Å². The second-order valence-corrected chi connectivity index (χ2v) is 5.21. The lowest BCUT2D eigenvalue weighted by molar-refractivity contribution is 0.0835. The van der Waals surface area contributed by atoms with Gasteiger partial charge in [0.15, 0.2) is 0 Å². The van der Waals surface area contributed by atoms with Crippen LogP contribution in [-0.2, 0) is 6.42 Å². The van der Waals surface area contributed by atoms with Crippen LogP contribution in [0.1, 0.15) is 44.5 Å². The van der Waals surface area contributed by atoms with Gasteiger partial charge in [-0.1, -0.05) is 6.92 Å². The first kappa shape index (κ1) is 14.1. The molecule has 0 unspecified atom stereocenters. The van der Waals surface area contributed by atoms with Crippen LogP contribution >= 0.6 is 0 Å². The van der Waals surface area contributed by atoms with Crippen LogP contribution in [0.3, 0.4) is 0 Å². The largest absolute Gasteiger partial charge is 0.393 e. The molecule has 1 aliphatic carbocycles. The Labute approximate surface area is 114 Å². The van der Waals surface area contributed by atoms with E-state index in [1.807, 2.05) is 6.92 Å². The first-order chi connectivity index (χ1) is 9.13. The number of nitrogens with zero attached hydrogens (tertiary/aromatic N) is 2. The number of anilines is 2. The predicted molar refractivity (Wildman–Crippen MR) is 77.6 cm³/mol. The number of aromatic nitrogens is 2. The topological polar surface area (TPSA) is 70.1 Å². The summed E-state index contributed by atoms with van der Waals surface area (Å²) < 4.78 is 0. The molecule has 0 spiro atoms. The van der Waals surface area contributed by atoms with E-state index in [1.165, 1.54) is 0 Å². The summed E-state index contributed by atoms with van der Waals surface area (Å²) in [6, 6.07) is 0.340. The summed E-state index contributed by atoms with van der Waals surface area (Å²) in [5, 5.41) is 16.1. The first-order valence-corrected chi connectivity index (χ1v) is 7.20. The SMILES string of the molecule is CCCc1nc(NCC)c(C)c(NC2CC(O)C2)n1. The molecule has 0 bridgehead atoms. The monoisotopic (exact) mass is 264 g/mol. The molecule has 0 saturated heterocycles. The summed E-state index contributed by atoms with van der Waals surface area (Å²) in [4.78, 5) is 9.17. The quantitative estimate of drug-likeness (QED) is 0.734. The molecule has 1 heterocycles. The molecule has 5 nitrogen and oxygen atoms in total. The Morgan fingerprint density at radius 2 is 1.89 bits per heavy atom. The second kappa shape index (κ2) is 6.19. The molecule has 0 aromatic carbocycles. The van der Waals surface area contributed by atoms with Gasteiger partial charge in [0.25, 0.3) is 0 Å². The highest BCUT2D eigenvalue weighted by atomic mass is 16.3. The van der Waals surface area contributed by atoms with Gasteiger partial charge in [-0.05, 0) is 33.1 Å². The number of hydrogen-bond donors (Lipinski definition) is 3. The fourth-order valence-electron chi connectivity index (χ4n) is 2.28. The average Bonchev–Trinajstić information content (AvgIpc) is 2.33. The fourth-order valence-corrected chi connectivity index (χ4v) is 2.28. The predicted octanol–water partition coefficient (Wildman–Crippen LogP) is 2.10. The van der Waals surface area contributed by atoms with Gasteiger partial charge in [-0.3, -0.25) is 0 Å². The Morgan fingerprint density at radius 1 is 1.21 bits per heavy atom. The summed E-state index contributed by atoms with van der Waals surface area (Å²) in [5.74, 6) is 2.71. The Morgan fingerprint density at radius 3 is 2.47 bits per heavy atom. The maximum Gasteiger partial charge on any atom is 0.134 e. The first-order valence-electron chi connectivity index (χ1n) is 7.20. The molecule has 0 radical (unpaired) electrons. The zero-order valence-electron chi connectivity index (χ0n) is 12.0. The standard InChI is InChI=1S/C14H24N4O/c1-4-6-12-17-13(15-5-2)9(3)14(18-12)16-10-7-11(19)8-10/h10-11,19H,4-8H2,1-3H3,(H2,15,16,17,18). The number of aliphatic hydroxyl groups is 1. The fraction of sp³-hybridized carbons (Fsp3) is 0.714. The van der Waals surface area contributed by atoms with Crippen molar-refractivity contribution < 1.29 is 5.11 Å². The number of hydrogen-bond acceptors (Lipinski definition) is 5. The highest BCUT2D eigenvalue weighted by molar-refractivity contribution is 5.57. The summed E-state index contributed by atoms with van der Waals surface area (Å²) in [6.45, 7) is 7.08. The maximum atomic E-state index is 9.36. The van der Waals surface area contributed by atoms with Crippen LogP contribution in [0.4, 0.5) is 11.6 Å². The lowest BCUT2D eigenvalue weighted by Gasteiger charge is -2.33. The molecule has 0 amide bonds. The van der Waals surface area contributed by atoms with E-state index >= 15 is 0 Å². The van der Waals surface area contributed by atoms with Crippen LogP contribution in [-0.4, -0.2) is 33.8 Å². The van der Waals surface area contributed by atoms with Crippen LogP contribution in [0.2, 0.25) is 0 Å². The Balaban J connectivity index is 2.18. The van der Waals surface area contributed by atoms with Crippen molar-refractivity contribution in [3.63, 3.8) is 0 Å². The van der Waals surface area contributed by atoms with Crippen LogP contribution in [0.25, 0.3) is 0 Å². The van der Waals surface area contributed by atoms with Gasteiger partial charge in [-0.25, -0.2) is 9.97 Å². The van der Waals surface area contributed by atoms with Crippen LogP contribution in [0.5, 0.6) is 0 Å². The smallest absolute Gasteiger partial charge is 0.134 e. The number of nitrogens with one attached hydrogen (secondary N) is 2. The van der Waals surface area contributed by atoms with Gasteiger partial charge in [0, 0.05) is 24.6 Å². The normalized spacial score (nSPS) is 21.9. The van der Waals surface area contributed by atoms with Crippen molar-refractivity contribution in [1.82, 2.24) is 9.97 Å². The van der Waals surface area contributed by atoms with Gasteiger partial charge in [0.1, 0.15) is 17.5 Å². The molecular weight excluding hydrogens is 240 g/mol. The van der Waals surface area contributed by atoms with Gasteiger partial charge in [0.05, 0.1) is 6.10 Å². The van der Waals surface area contributed by atoms with Gasteiger partial charge < -0.3 is 15.7 Å². The van der Waals surface area contributed by atoms with E-state index in [0.717, 1.165) is 55.3 Å². The van der Waals surface area contributed by atoms with Gasteiger partial charge in [-0.2, -0.15) is 0 Å². The van der Waals surface area contributed by atoms with Crippen molar-refractivity contribution in [1.29, 1.82) is 0 Å². The highest BCUT2D eigenvalue weighted by Gasteiger charge is 2.28. The minimum atomic E-state index is -0.150. The van der Waals surface area contributed by atoms with Crippen molar-refractivity contribution >= 4 is 11.6 Å². The van der Waals surface area contributed by atoms with Crippen molar-refractivity contribution in [2.75, 3.05) is 17.2 Å². The van der Waals surface area contributed by atoms with Crippen LogP contribution in [0, 0.1) is 6.92 Å². The van der Waals surface area contributed by atoms with Gasteiger partial charge in [-0.15, -0.1) is 0 Å². The number of aryl methyl sites for hydroxylation is 1. The molecule has 1 aromatic heterocycles. The molecule has 1 aliphatic rings. The minimum absolute atomic E-state index is 0.150. The lowest BCUT2D eigenvalue weighted by Crippen LogP contribution is -2.39. The molecule has 0 atom stereocenters. The van der Waals surface area contributed by atoms with E-state index in [0.29, 0.717) is 6.04 Å². The molecule has 5 heteroatoms. The van der Waals surface area contributed by atoms with E-state index in [1.54, 1.807) is 0 Å². The average molecular weight is 264 g/mol. The van der Waals surface area contributed by atoms with Crippen molar-refractivity contribution in [2.24, 2.45) is 0 Å². The summed E-state index contributed by atoms with van der Waals surface area (Å²) >= 11 is 0. The Kier molecular flexibility index (Phi) is 4.58. The Hall–Kier alpha value is -1.36. The Bertz CT molecular complexity index is 430. The minimum Gasteiger partial charge on any atom is -0.393 e. The van der Waals surface area contributed by atoms with E-state index in [9.17, 15) is 5.11 Å². The molecule has 3 N–H and O–H groups in total. The van der Waals surface area contributed by atoms with E-state index < -0.39 is 0 Å². The van der Waals surface area contributed by atoms with E-state index in [4.69, 9.17) is 0 Å². The summed E-state index contributed by atoms with van der Waals surface area (Å²) in [7, 11) is 0. The molecule has 106 valence electrons. The molecule has 2 rings (SSSR count). The third-order valence-electron chi connectivity index (χ3n) is 3.46. The lowest BCUT2D eigenvalue weighted by atomic mass is 9.89. The van der Waals surface area contributed by atoms with Gasteiger partial charge >= 0.3 is 0 Å².